The van der Waals surface area contributed by atoms with E-state index in [4.69, 9.17) is 11.6 Å². The van der Waals surface area contributed by atoms with Crippen LogP contribution in [0.1, 0.15) is 6.42 Å². The Morgan fingerprint density at radius 2 is 2.17 bits per heavy atom. The standard InChI is InChI=1S/C6H9ClF3NO/c7-2-4-1-5(3-11-4)12-6(8,9)10/h4-5,11H,1-3H2/t4-,5-/m0/s1. The first-order chi connectivity index (χ1) is 5.51. The summed E-state index contributed by atoms with van der Waals surface area (Å²) >= 11 is 5.45. The molecule has 1 N–H and O–H groups in total. The highest BCUT2D eigenvalue weighted by Crippen LogP contribution is 2.23. The third kappa shape index (κ3) is 3.16. The molecule has 1 fully saturated rings. The van der Waals surface area contributed by atoms with E-state index in [1.54, 1.807) is 0 Å². The highest BCUT2D eigenvalue weighted by molar-refractivity contribution is 6.18. The third-order valence-electron chi connectivity index (χ3n) is 1.67. The summed E-state index contributed by atoms with van der Waals surface area (Å²) in [6, 6.07) is -0.0565. The molecule has 2 atom stereocenters. The lowest BCUT2D eigenvalue weighted by Crippen LogP contribution is -2.25. The summed E-state index contributed by atoms with van der Waals surface area (Å²) in [4.78, 5) is 0. The molecule has 1 saturated heterocycles. The van der Waals surface area contributed by atoms with E-state index in [1.165, 1.54) is 0 Å². The lowest BCUT2D eigenvalue weighted by atomic mass is 10.2. The smallest absolute Gasteiger partial charge is 0.310 e. The molecule has 0 amide bonds. The Hall–Kier alpha value is 0. The molecule has 0 bridgehead atoms. The van der Waals surface area contributed by atoms with Gasteiger partial charge in [-0.1, -0.05) is 0 Å². The second-order valence-electron chi connectivity index (χ2n) is 2.68. The first-order valence-electron chi connectivity index (χ1n) is 3.55. The summed E-state index contributed by atoms with van der Waals surface area (Å²) in [5.74, 6) is 0.317. The van der Waals surface area contributed by atoms with Crippen molar-refractivity contribution in [3.8, 4) is 0 Å². The maximum atomic E-state index is 11.7. The minimum absolute atomic E-state index is 0.0565. The van der Waals surface area contributed by atoms with Crippen LogP contribution < -0.4 is 5.32 Å². The van der Waals surface area contributed by atoms with Crippen LogP contribution in [0.25, 0.3) is 0 Å². The van der Waals surface area contributed by atoms with E-state index in [1.807, 2.05) is 0 Å². The molecule has 0 spiro atoms. The van der Waals surface area contributed by atoms with Gasteiger partial charge in [0.25, 0.3) is 0 Å². The molecule has 0 aliphatic carbocycles. The van der Waals surface area contributed by atoms with Crippen molar-refractivity contribution in [1.29, 1.82) is 0 Å². The highest BCUT2D eigenvalue weighted by atomic mass is 35.5. The molecule has 0 aromatic rings. The molecule has 1 heterocycles. The Morgan fingerprint density at radius 1 is 1.50 bits per heavy atom. The summed E-state index contributed by atoms with van der Waals surface area (Å²) < 4.78 is 38.8. The average Bonchev–Trinajstić information content (AvgIpc) is 2.32. The Labute approximate surface area is 73.0 Å². The summed E-state index contributed by atoms with van der Waals surface area (Å²) in [6.07, 6.45) is -5.00. The number of alkyl halides is 4. The predicted octanol–water partition coefficient (Wildman–Crippen LogP) is 1.49. The van der Waals surface area contributed by atoms with Crippen LogP contribution >= 0.6 is 11.6 Å². The van der Waals surface area contributed by atoms with Crippen LogP contribution in [-0.4, -0.2) is 30.9 Å². The summed E-state index contributed by atoms with van der Waals surface area (Å²) in [5, 5.41) is 2.82. The van der Waals surface area contributed by atoms with E-state index in [9.17, 15) is 13.2 Å². The fourth-order valence-electron chi connectivity index (χ4n) is 1.18. The Kier molecular flexibility index (Phi) is 3.20. The normalized spacial score (nSPS) is 31.0. The quantitative estimate of drug-likeness (QED) is 0.687. The first-order valence-corrected chi connectivity index (χ1v) is 4.08. The molecule has 0 radical (unpaired) electrons. The lowest BCUT2D eigenvalue weighted by molar-refractivity contribution is -0.340. The van der Waals surface area contributed by atoms with Gasteiger partial charge in [0.15, 0.2) is 0 Å². The fourth-order valence-corrected chi connectivity index (χ4v) is 1.41. The molecule has 0 unspecified atom stereocenters. The number of ether oxygens (including phenoxy) is 1. The van der Waals surface area contributed by atoms with Gasteiger partial charge < -0.3 is 5.32 Å². The number of hydrogen-bond acceptors (Lipinski definition) is 2. The molecule has 1 aliphatic rings. The molecule has 0 aromatic heterocycles. The van der Waals surface area contributed by atoms with Crippen molar-refractivity contribution in [3.05, 3.63) is 0 Å². The maximum absolute atomic E-state index is 11.7. The molecule has 6 heteroatoms. The minimum Gasteiger partial charge on any atom is -0.310 e. The van der Waals surface area contributed by atoms with Gasteiger partial charge in [-0.05, 0) is 6.42 Å². The number of rotatable bonds is 2. The van der Waals surface area contributed by atoms with Gasteiger partial charge in [-0.3, -0.25) is 4.74 Å². The van der Waals surface area contributed by atoms with Gasteiger partial charge in [0.05, 0.1) is 6.10 Å². The molecular formula is C6H9ClF3NO. The second kappa shape index (κ2) is 3.81. The summed E-state index contributed by atoms with van der Waals surface area (Å²) in [7, 11) is 0. The van der Waals surface area contributed by atoms with Gasteiger partial charge in [-0.2, -0.15) is 0 Å². The topological polar surface area (TPSA) is 21.3 Å². The highest BCUT2D eigenvalue weighted by Gasteiger charge is 2.36. The molecule has 0 aromatic carbocycles. The number of halogens is 4. The van der Waals surface area contributed by atoms with E-state index in [2.05, 4.69) is 10.1 Å². The second-order valence-corrected chi connectivity index (χ2v) is 2.99. The van der Waals surface area contributed by atoms with Gasteiger partial charge >= 0.3 is 6.36 Å². The van der Waals surface area contributed by atoms with E-state index in [0.29, 0.717) is 12.3 Å². The molecule has 1 rings (SSSR count). The zero-order chi connectivity index (χ0) is 9.19. The van der Waals surface area contributed by atoms with Crippen LogP contribution in [0.5, 0.6) is 0 Å². The van der Waals surface area contributed by atoms with Crippen molar-refractivity contribution in [2.24, 2.45) is 0 Å². The van der Waals surface area contributed by atoms with Crippen molar-refractivity contribution < 1.29 is 17.9 Å². The summed E-state index contributed by atoms with van der Waals surface area (Å²) in [6.45, 7) is 0.219. The van der Waals surface area contributed by atoms with Crippen LogP contribution in [0.3, 0.4) is 0 Å². The number of hydrogen-bond donors (Lipinski definition) is 1. The van der Waals surface area contributed by atoms with Gasteiger partial charge in [0.1, 0.15) is 0 Å². The van der Waals surface area contributed by atoms with Crippen molar-refractivity contribution >= 4 is 11.6 Å². The van der Waals surface area contributed by atoms with Gasteiger partial charge in [0.2, 0.25) is 0 Å². The minimum atomic E-state index is -4.53. The molecular weight excluding hydrogens is 195 g/mol. The molecule has 72 valence electrons. The SMILES string of the molecule is FC(F)(F)O[C@@H]1CN[C@H](CCl)C1. The molecule has 0 saturated carbocycles. The zero-order valence-electron chi connectivity index (χ0n) is 6.20. The van der Waals surface area contributed by atoms with Crippen molar-refractivity contribution in [2.75, 3.05) is 12.4 Å². The Balaban J connectivity index is 2.28. The van der Waals surface area contributed by atoms with E-state index in [-0.39, 0.29) is 12.6 Å². The maximum Gasteiger partial charge on any atom is 0.522 e. The van der Waals surface area contributed by atoms with Crippen molar-refractivity contribution in [1.82, 2.24) is 5.32 Å². The first kappa shape index (κ1) is 10.1. The average molecular weight is 204 g/mol. The van der Waals surface area contributed by atoms with Crippen LogP contribution in [0.4, 0.5) is 13.2 Å². The Bertz CT molecular complexity index is 152. The van der Waals surface area contributed by atoms with E-state index >= 15 is 0 Å². The van der Waals surface area contributed by atoms with Crippen LogP contribution in [0.2, 0.25) is 0 Å². The van der Waals surface area contributed by atoms with Gasteiger partial charge in [0, 0.05) is 18.5 Å². The van der Waals surface area contributed by atoms with E-state index in [0.717, 1.165) is 0 Å². The van der Waals surface area contributed by atoms with Gasteiger partial charge in [-0.25, -0.2) is 0 Å². The number of nitrogens with one attached hydrogen (secondary N) is 1. The summed E-state index contributed by atoms with van der Waals surface area (Å²) in [5.41, 5.74) is 0. The fraction of sp³-hybridized carbons (Fsp3) is 1.00. The molecule has 1 aliphatic heterocycles. The Morgan fingerprint density at radius 3 is 2.58 bits per heavy atom. The third-order valence-corrected chi connectivity index (χ3v) is 2.04. The largest absolute Gasteiger partial charge is 0.522 e. The van der Waals surface area contributed by atoms with Crippen molar-refractivity contribution in [3.63, 3.8) is 0 Å². The van der Waals surface area contributed by atoms with Crippen LogP contribution in [-0.2, 0) is 4.74 Å². The lowest BCUT2D eigenvalue weighted by Gasteiger charge is -2.12. The van der Waals surface area contributed by atoms with E-state index < -0.39 is 12.5 Å². The van der Waals surface area contributed by atoms with Crippen LogP contribution in [0.15, 0.2) is 0 Å². The van der Waals surface area contributed by atoms with Crippen molar-refractivity contribution in [2.45, 2.75) is 24.9 Å². The predicted molar refractivity (Wildman–Crippen MR) is 38.1 cm³/mol. The van der Waals surface area contributed by atoms with Crippen LogP contribution in [0, 0.1) is 0 Å². The monoisotopic (exact) mass is 203 g/mol. The van der Waals surface area contributed by atoms with Gasteiger partial charge in [-0.15, -0.1) is 24.8 Å². The molecule has 2 nitrogen and oxygen atoms in total. The zero-order valence-corrected chi connectivity index (χ0v) is 6.95. The molecule has 12 heavy (non-hydrogen) atoms.